The Morgan fingerprint density at radius 1 is 1.42 bits per heavy atom. The third-order valence-electron chi connectivity index (χ3n) is 2.89. The summed E-state index contributed by atoms with van der Waals surface area (Å²) < 4.78 is 12.3. The molecule has 0 radical (unpaired) electrons. The van der Waals surface area contributed by atoms with Gasteiger partial charge in [0.1, 0.15) is 0 Å². The zero-order chi connectivity index (χ0) is 14.1. The van der Waals surface area contributed by atoms with Crippen LogP contribution in [0, 0.1) is 0 Å². The van der Waals surface area contributed by atoms with Gasteiger partial charge in [-0.3, -0.25) is 4.68 Å². The van der Waals surface area contributed by atoms with E-state index in [9.17, 15) is 0 Å². The van der Waals surface area contributed by atoms with Gasteiger partial charge in [-0.1, -0.05) is 18.5 Å². The summed E-state index contributed by atoms with van der Waals surface area (Å²) in [5, 5.41) is 8.38. The maximum Gasteiger partial charge on any atom is 0.0834 e. The van der Waals surface area contributed by atoms with Crippen molar-refractivity contribution in [3.05, 3.63) is 16.9 Å². The van der Waals surface area contributed by atoms with Gasteiger partial charge in [-0.15, -0.1) is 0 Å². The van der Waals surface area contributed by atoms with Crippen LogP contribution >= 0.6 is 11.6 Å². The van der Waals surface area contributed by atoms with Crippen molar-refractivity contribution in [1.29, 1.82) is 0 Å². The van der Waals surface area contributed by atoms with Crippen LogP contribution in [0.15, 0.2) is 6.20 Å². The highest BCUT2D eigenvalue weighted by Gasteiger charge is 2.18. The standard InChI is InChI=1S/C13H24ClN3O2/c1-4-6-15-12(5-7-19-9-8-18-3)13-11(14)10-16-17(13)2/h10,12,15H,4-9H2,1-3H3. The fraction of sp³-hybridized carbons (Fsp3) is 0.769. The predicted octanol–water partition coefficient (Wildman–Crippen LogP) is 2.17. The second-order valence-electron chi connectivity index (χ2n) is 4.40. The molecular weight excluding hydrogens is 266 g/mol. The molecule has 5 nitrogen and oxygen atoms in total. The minimum atomic E-state index is 0.169. The first-order valence-corrected chi connectivity index (χ1v) is 7.06. The fourth-order valence-electron chi connectivity index (χ4n) is 1.91. The molecule has 0 aliphatic heterocycles. The fourth-order valence-corrected chi connectivity index (χ4v) is 2.21. The Bertz CT molecular complexity index is 338. The molecule has 1 N–H and O–H groups in total. The Morgan fingerprint density at radius 2 is 2.21 bits per heavy atom. The Morgan fingerprint density at radius 3 is 2.79 bits per heavy atom. The SMILES string of the molecule is CCCNC(CCOCCOC)c1c(Cl)cnn1C. The number of halogens is 1. The highest BCUT2D eigenvalue weighted by atomic mass is 35.5. The lowest BCUT2D eigenvalue weighted by atomic mass is 10.1. The normalized spacial score (nSPS) is 12.8. The van der Waals surface area contributed by atoms with E-state index < -0.39 is 0 Å². The van der Waals surface area contributed by atoms with Crippen molar-refractivity contribution in [2.75, 3.05) is 33.5 Å². The molecule has 1 atom stereocenters. The summed E-state index contributed by atoms with van der Waals surface area (Å²) in [7, 11) is 3.58. The van der Waals surface area contributed by atoms with Crippen molar-refractivity contribution in [2.45, 2.75) is 25.8 Å². The monoisotopic (exact) mass is 289 g/mol. The maximum atomic E-state index is 6.20. The number of aromatic nitrogens is 2. The van der Waals surface area contributed by atoms with E-state index >= 15 is 0 Å². The second-order valence-corrected chi connectivity index (χ2v) is 4.81. The molecule has 110 valence electrons. The van der Waals surface area contributed by atoms with E-state index in [0.717, 1.165) is 25.1 Å². The Balaban J connectivity index is 2.52. The maximum absolute atomic E-state index is 6.20. The Labute approximate surface area is 120 Å². The van der Waals surface area contributed by atoms with Crippen LogP contribution in [0.4, 0.5) is 0 Å². The lowest BCUT2D eigenvalue weighted by Crippen LogP contribution is -2.26. The lowest BCUT2D eigenvalue weighted by Gasteiger charge is -2.19. The first-order valence-electron chi connectivity index (χ1n) is 6.68. The van der Waals surface area contributed by atoms with E-state index in [2.05, 4.69) is 17.3 Å². The molecule has 0 aliphatic rings. The third kappa shape index (κ3) is 5.48. The summed E-state index contributed by atoms with van der Waals surface area (Å²) in [5.74, 6) is 0. The molecule has 1 aromatic heterocycles. The van der Waals surface area contributed by atoms with Gasteiger partial charge in [0, 0.05) is 20.8 Å². The van der Waals surface area contributed by atoms with Gasteiger partial charge in [0.2, 0.25) is 0 Å². The number of nitrogens with one attached hydrogen (secondary N) is 1. The zero-order valence-corrected chi connectivity index (χ0v) is 12.7. The molecule has 1 unspecified atom stereocenters. The van der Waals surface area contributed by atoms with E-state index in [0.29, 0.717) is 24.8 Å². The van der Waals surface area contributed by atoms with E-state index in [1.54, 1.807) is 13.3 Å². The number of aryl methyl sites for hydroxylation is 1. The first kappa shape index (κ1) is 16.4. The van der Waals surface area contributed by atoms with Gasteiger partial charge in [0.25, 0.3) is 0 Å². The quantitative estimate of drug-likeness (QED) is 0.671. The molecule has 0 saturated heterocycles. The zero-order valence-electron chi connectivity index (χ0n) is 12.0. The van der Waals surface area contributed by atoms with Crippen molar-refractivity contribution in [3.63, 3.8) is 0 Å². The smallest absolute Gasteiger partial charge is 0.0834 e. The van der Waals surface area contributed by atoms with Gasteiger partial charge in [-0.2, -0.15) is 5.10 Å². The number of hydrogen-bond acceptors (Lipinski definition) is 4. The van der Waals surface area contributed by atoms with Crippen LogP contribution in [0.3, 0.4) is 0 Å². The van der Waals surface area contributed by atoms with Gasteiger partial charge in [-0.05, 0) is 19.4 Å². The molecule has 1 heterocycles. The number of ether oxygens (including phenoxy) is 2. The van der Waals surface area contributed by atoms with E-state index in [1.807, 2.05) is 11.7 Å². The van der Waals surface area contributed by atoms with Gasteiger partial charge < -0.3 is 14.8 Å². The summed E-state index contributed by atoms with van der Waals surface area (Å²) in [4.78, 5) is 0. The summed E-state index contributed by atoms with van der Waals surface area (Å²) in [6, 6.07) is 0.169. The van der Waals surface area contributed by atoms with E-state index in [-0.39, 0.29) is 6.04 Å². The minimum Gasteiger partial charge on any atom is -0.382 e. The summed E-state index contributed by atoms with van der Waals surface area (Å²) >= 11 is 6.20. The molecule has 0 amide bonds. The van der Waals surface area contributed by atoms with Crippen LogP contribution in [0.25, 0.3) is 0 Å². The van der Waals surface area contributed by atoms with Crippen molar-refractivity contribution in [2.24, 2.45) is 7.05 Å². The molecule has 1 rings (SSSR count). The van der Waals surface area contributed by atoms with Gasteiger partial charge in [0.15, 0.2) is 0 Å². The summed E-state index contributed by atoms with van der Waals surface area (Å²) in [5.41, 5.74) is 1.02. The third-order valence-corrected chi connectivity index (χ3v) is 3.18. The van der Waals surface area contributed by atoms with Crippen LogP contribution in [0.1, 0.15) is 31.5 Å². The summed E-state index contributed by atoms with van der Waals surface area (Å²) in [6.07, 6.45) is 3.63. The second kappa shape index (κ2) is 9.31. The molecule has 0 aromatic carbocycles. The van der Waals surface area contributed by atoms with Crippen molar-refractivity contribution in [1.82, 2.24) is 15.1 Å². The minimum absolute atomic E-state index is 0.169. The molecule has 0 spiro atoms. The molecule has 1 aromatic rings. The van der Waals surface area contributed by atoms with Crippen LogP contribution in [0.2, 0.25) is 5.02 Å². The van der Waals surface area contributed by atoms with E-state index in [1.165, 1.54) is 0 Å². The van der Waals surface area contributed by atoms with Gasteiger partial charge >= 0.3 is 0 Å². The van der Waals surface area contributed by atoms with Crippen LogP contribution in [-0.2, 0) is 16.5 Å². The molecule has 0 bridgehead atoms. The molecule has 0 aliphatic carbocycles. The van der Waals surface area contributed by atoms with Gasteiger partial charge in [0.05, 0.1) is 36.2 Å². The Hall–Kier alpha value is -0.620. The van der Waals surface area contributed by atoms with Crippen LogP contribution in [-0.4, -0.2) is 43.3 Å². The average Bonchev–Trinajstić information content (AvgIpc) is 2.73. The highest BCUT2D eigenvalue weighted by Crippen LogP contribution is 2.24. The molecule has 19 heavy (non-hydrogen) atoms. The van der Waals surface area contributed by atoms with Crippen LogP contribution in [0.5, 0.6) is 0 Å². The topological polar surface area (TPSA) is 48.3 Å². The number of rotatable bonds is 10. The van der Waals surface area contributed by atoms with Crippen LogP contribution < -0.4 is 5.32 Å². The van der Waals surface area contributed by atoms with Gasteiger partial charge in [-0.25, -0.2) is 0 Å². The molecule has 6 heteroatoms. The largest absolute Gasteiger partial charge is 0.382 e. The number of hydrogen-bond donors (Lipinski definition) is 1. The number of methoxy groups -OCH3 is 1. The lowest BCUT2D eigenvalue weighted by molar-refractivity contribution is 0.0654. The van der Waals surface area contributed by atoms with Crippen molar-refractivity contribution in [3.8, 4) is 0 Å². The summed E-state index contributed by atoms with van der Waals surface area (Å²) in [6.45, 7) is 5.01. The first-order chi connectivity index (χ1) is 9.20. The molecule has 0 saturated carbocycles. The Kier molecular flexibility index (Phi) is 8.05. The molecular formula is C13H24ClN3O2. The predicted molar refractivity (Wildman–Crippen MR) is 76.6 cm³/mol. The van der Waals surface area contributed by atoms with E-state index in [4.69, 9.17) is 21.1 Å². The molecule has 0 fully saturated rings. The average molecular weight is 290 g/mol. The number of nitrogens with zero attached hydrogens (tertiary/aromatic N) is 2. The highest BCUT2D eigenvalue weighted by molar-refractivity contribution is 6.31. The van der Waals surface area contributed by atoms with Crippen molar-refractivity contribution < 1.29 is 9.47 Å². The van der Waals surface area contributed by atoms with Crippen molar-refractivity contribution >= 4 is 11.6 Å².